The molecular weight excluding hydrogens is 296 g/mol. The maximum Gasteiger partial charge on any atom is 0.246 e. The third-order valence-electron chi connectivity index (χ3n) is 3.21. The molecule has 0 amide bonds. The van der Waals surface area contributed by atoms with E-state index >= 15 is 0 Å². The summed E-state index contributed by atoms with van der Waals surface area (Å²) in [4.78, 5) is -0.609. The zero-order valence-corrected chi connectivity index (χ0v) is 11.7. The summed E-state index contributed by atoms with van der Waals surface area (Å²) < 4.78 is 52.5. The fraction of sp³-hybridized carbons (Fsp3) is 0.500. The van der Waals surface area contributed by atoms with Crippen molar-refractivity contribution in [2.75, 3.05) is 19.0 Å². The molecule has 0 saturated carbocycles. The summed E-state index contributed by atoms with van der Waals surface area (Å²) >= 11 is 5.74. The van der Waals surface area contributed by atoms with Gasteiger partial charge in [0.05, 0.1) is 0 Å². The highest BCUT2D eigenvalue weighted by Gasteiger charge is 2.32. The van der Waals surface area contributed by atoms with Crippen LogP contribution in [0, 0.1) is 17.6 Å². The van der Waals surface area contributed by atoms with E-state index in [1.807, 2.05) is 0 Å². The van der Waals surface area contributed by atoms with E-state index in [4.69, 9.17) is 11.6 Å². The first kappa shape index (κ1) is 14.7. The van der Waals surface area contributed by atoms with Crippen molar-refractivity contribution in [3.05, 3.63) is 29.8 Å². The van der Waals surface area contributed by atoms with E-state index in [2.05, 4.69) is 0 Å². The van der Waals surface area contributed by atoms with Gasteiger partial charge in [0.15, 0.2) is 0 Å². The number of benzene rings is 1. The standard InChI is InChI=1S/C12H14ClF2NO2S/c13-7-9-2-1-5-16(8-9)19(17,18)12-6-10(14)3-4-11(12)15/h3-4,6,9H,1-2,5,7-8H2. The molecule has 1 aromatic carbocycles. The average Bonchev–Trinajstić information content (AvgIpc) is 2.41. The van der Waals surface area contributed by atoms with Crippen LogP contribution in [0.15, 0.2) is 23.1 Å². The Balaban J connectivity index is 2.34. The molecule has 1 atom stereocenters. The summed E-state index contributed by atoms with van der Waals surface area (Å²) in [6.45, 7) is 0.563. The predicted molar refractivity (Wildman–Crippen MR) is 68.6 cm³/mol. The summed E-state index contributed by atoms with van der Waals surface area (Å²) in [6.07, 6.45) is 1.52. The molecule has 0 radical (unpaired) electrons. The quantitative estimate of drug-likeness (QED) is 0.805. The van der Waals surface area contributed by atoms with Gasteiger partial charge >= 0.3 is 0 Å². The lowest BCUT2D eigenvalue weighted by atomic mass is 10.0. The molecule has 1 saturated heterocycles. The molecule has 0 N–H and O–H groups in total. The Morgan fingerprint density at radius 1 is 1.37 bits per heavy atom. The van der Waals surface area contributed by atoms with Gasteiger partial charge in [-0.15, -0.1) is 11.6 Å². The van der Waals surface area contributed by atoms with Crippen molar-refractivity contribution in [3.63, 3.8) is 0 Å². The van der Waals surface area contributed by atoms with Gasteiger partial charge in [0, 0.05) is 19.0 Å². The molecule has 106 valence electrons. The highest BCUT2D eigenvalue weighted by Crippen LogP contribution is 2.26. The van der Waals surface area contributed by atoms with Gasteiger partial charge in [-0.05, 0) is 37.0 Å². The van der Waals surface area contributed by atoms with E-state index in [0.29, 0.717) is 18.8 Å². The Hall–Kier alpha value is -0.720. The fourth-order valence-electron chi connectivity index (χ4n) is 2.19. The van der Waals surface area contributed by atoms with E-state index in [0.717, 1.165) is 24.6 Å². The number of hydrogen-bond donors (Lipinski definition) is 0. The van der Waals surface area contributed by atoms with Crippen molar-refractivity contribution in [3.8, 4) is 0 Å². The van der Waals surface area contributed by atoms with Crippen molar-refractivity contribution in [1.29, 1.82) is 0 Å². The van der Waals surface area contributed by atoms with Crippen LogP contribution in [0.4, 0.5) is 8.78 Å². The van der Waals surface area contributed by atoms with Gasteiger partial charge in [0.25, 0.3) is 0 Å². The summed E-state index contributed by atoms with van der Waals surface area (Å²) in [6, 6.07) is 2.44. The van der Waals surface area contributed by atoms with Crippen molar-refractivity contribution < 1.29 is 17.2 Å². The van der Waals surface area contributed by atoms with Gasteiger partial charge in [-0.2, -0.15) is 4.31 Å². The number of nitrogens with zero attached hydrogens (tertiary/aromatic N) is 1. The topological polar surface area (TPSA) is 37.4 Å². The van der Waals surface area contributed by atoms with Crippen molar-refractivity contribution in [1.82, 2.24) is 4.31 Å². The van der Waals surface area contributed by atoms with Crippen LogP contribution < -0.4 is 0 Å². The maximum absolute atomic E-state index is 13.6. The van der Waals surface area contributed by atoms with Crippen LogP contribution in [0.3, 0.4) is 0 Å². The smallest absolute Gasteiger partial charge is 0.207 e. The lowest BCUT2D eigenvalue weighted by molar-refractivity contribution is 0.282. The number of piperidine rings is 1. The predicted octanol–water partition coefficient (Wildman–Crippen LogP) is 2.60. The summed E-state index contributed by atoms with van der Waals surface area (Å²) in [7, 11) is -4.00. The third-order valence-corrected chi connectivity index (χ3v) is 5.53. The fourth-order valence-corrected chi connectivity index (χ4v) is 4.07. The van der Waals surface area contributed by atoms with Gasteiger partial charge in [-0.3, -0.25) is 0 Å². The van der Waals surface area contributed by atoms with Crippen LogP contribution in [-0.4, -0.2) is 31.7 Å². The van der Waals surface area contributed by atoms with Crippen molar-refractivity contribution in [2.24, 2.45) is 5.92 Å². The second kappa shape index (κ2) is 5.73. The second-order valence-electron chi connectivity index (χ2n) is 4.60. The first-order valence-electron chi connectivity index (χ1n) is 5.96. The molecule has 1 heterocycles. The highest BCUT2D eigenvalue weighted by atomic mass is 35.5. The molecule has 1 aliphatic heterocycles. The summed E-state index contributed by atoms with van der Waals surface area (Å²) in [5.41, 5.74) is 0. The molecule has 2 rings (SSSR count). The molecule has 1 fully saturated rings. The van der Waals surface area contributed by atoms with Gasteiger partial charge in [-0.1, -0.05) is 0 Å². The SMILES string of the molecule is O=S(=O)(c1cc(F)ccc1F)N1CCCC(CCl)C1. The Bertz CT molecular complexity index is 565. The van der Waals surface area contributed by atoms with Crippen LogP contribution in [0.5, 0.6) is 0 Å². The first-order valence-corrected chi connectivity index (χ1v) is 7.94. The number of halogens is 3. The molecule has 1 unspecified atom stereocenters. The molecule has 1 aromatic rings. The first-order chi connectivity index (χ1) is 8.95. The molecule has 0 spiro atoms. The lowest BCUT2D eigenvalue weighted by Crippen LogP contribution is -2.40. The minimum absolute atomic E-state index is 0.0572. The number of sulfonamides is 1. The number of hydrogen-bond acceptors (Lipinski definition) is 2. The third kappa shape index (κ3) is 3.07. The molecule has 1 aliphatic rings. The molecule has 0 aromatic heterocycles. The molecular formula is C12H14ClF2NO2S. The van der Waals surface area contributed by atoms with Crippen LogP contribution in [0.2, 0.25) is 0 Å². The normalized spacial score (nSPS) is 21.5. The van der Waals surface area contributed by atoms with Crippen LogP contribution in [0.1, 0.15) is 12.8 Å². The van der Waals surface area contributed by atoms with Crippen LogP contribution in [0.25, 0.3) is 0 Å². The zero-order chi connectivity index (χ0) is 14.0. The lowest BCUT2D eigenvalue weighted by Gasteiger charge is -2.30. The van der Waals surface area contributed by atoms with Crippen LogP contribution in [-0.2, 0) is 10.0 Å². The van der Waals surface area contributed by atoms with Gasteiger partial charge in [0.2, 0.25) is 10.0 Å². The van der Waals surface area contributed by atoms with Gasteiger partial charge in [-0.25, -0.2) is 17.2 Å². The van der Waals surface area contributed by atoms with Crippen molar-refractivity contribution in [2.45, 2.75) is 17.7 Å². The number of alkyl halides is 1. The van der Waals surface area contributed by atoms with E-state index in [-0.39, 0.29) is 12.5 Å². The minimum atomic E-state index is -4.00. The van der Waals surface area contributed by atoms with Crippen molar-refractivity contribution >= 4 is 21.6 Å². The van der Waals surface area contributed by atoms with E-state index in [1.54, 1.807) is 0 Å². The molecule has 0 aliphatic carbocycles. The minimum Gasteiger partial charge on any atom is -0.207 e. The summed E-state index contributed by atoms with van der Waals surface area (Å²) in [5, 5.41) is 0. The Morgan fingerprint density at radius 3 is 2.79 bits per heavy atom. The average molecular weight is 310 g/mol. The van der Waals surface area contributed by atoms with Gasteiger partial charge < -0.3 is 0 Å². The largest absolute Gasteiger partial charge is 0.246 e. The monoisotopic (exact) mass is 309 g/mol. The number of rotatable bonds is 3. The Labute approximate surface area is 116 Å². The molecule has 3 nitrogen and oxygen atoms in total. The zero-order valence-electron chi connectivity index (χ0n) is 10.2. The van der Waals surface area contributed by atoms with E-state index in [9.17, 15) is 17.2 Å². The van der Waals surface area contributed by atoms with E-state index < -0.39 is 26.6 Å². The summed E-state index contributed by atoms with van der Waals surface area (Å²) in [5.74, 6) is -1.29. The maximum atomic E-state index is 13.6. The molecule has 0 bridgehead atoms. The van der Waals surface area contributed by atoms with E-state index in [1.165, 1.54) is 4.31 Å². The second-order valence-corrected chi connectivity index (χ2v) is 6.82. The Kier molecular flexibility index (Phi) is 4.43. The molecule has 7 heteroatoms. The van der Waals surface area contributed by atoms with Gasteiger partial charge in [0.1, 0.15) is 16.5 Å². The van der Waals surface area contributed by atoms with Crippen LogP contribution >= 0.6 is 11.6 Å². The highest BCUT2D eigenvalue weighted by molar-refractivity contribution is 7.89. The Morgan fingerprint density at radius 2 is 2.11 bits per heavy atom. The molecule has 19 heavy (non-hydrogen) atoms.